The van der Waals surface area contributed by atoms with E-state index in [1.54, 1.807) is 31.3 Å². The van der Waals surface area contributed by atoms with Gasteiger partial charge in [0.25, 0.3) is 0 Å². The molecule has 0 saturated heterocycles. The van der Waals surface area contributed by atoms with E-state index in [-0.39, 0.29) is 18.1 Å². The first-order valence-electron chi connectivity index (χ1n) is 5.61. The second-order valence-corrected chi connectivity index (χ2v) is 4.11. The van der Waals surface area contributed by atoms with Gasteiger partial charge in [0.05, 0.1) is 6.54 Å². The summed E-state index contributed by atoms with van der Waals surface area (Å²) in [5.41, 5.74) is 7.08. The number of rotatable bonds is 3. The van der Waals surface area contributed by atoms with Crippen molar-refractivity contribution in [3.05, 3.63) is 63.6 Å². The molecule has 4 nitrogen and oxygen atoms in total. The topological polar surface area (TPSA) is 60.9 Å². The van der Waals surface area contributed by atoms with Gasteiger partial charge in [0.2, 0.25) is 0 Å². The highest BCUT2D eigenvalue weighted by molar-refractivity contribution is 5.25. The van der Waals surface area contributed by atoms with E-state index in [9.17, 15) is 9.18 Å². The number of hydrogen-bond donors (Lipinski definition) is 1. The predicted molar refractivity (Wildman–Crippen MR) is 66.6 cm³/mol. The zero-order valence-electron chi connectivity index (χ0n) is 10.1. The summed E-state index contributed by atoms with van der Waals surface area (Å²) >= 11 is 0. The normalized spacial score (nSPS) is 10.6. The lowest BCUT2D eigenvalue weighted by Crippen LogP contribution is -2.23. The highest BCUT2D eigenvalue weighted by Crippen LogP contribution is 2.10. The fraction of sp³-hybridized carbons (Fsp3) is 0.231. The summed E-state index contributed by atoms with van der Waals surface area (Å²) in [6.07, 6.45) is 1.68. The molecule has 0 saturated carbocycles. The van der Waals surface area contributed by atoms with E-state index in [2.05, 4.69) is 4.98 Å². The second-order valence-electron chi connectivity index (χ2n) is 4.11. The largest absolute Gasteiger partial charge is 0.348 e. The molecule has 0 aliphatic carbocycles. The number of nitrogens with zero attached hydrogens (tertiary/aromatic N) is 2. The second kappa shape index (κ2) is 5.10. The van der Waals surface area contributed by atoms with Crippen LogP contribution in [-0.2, 0) is 13.1 Å². The van der Waals surface area contributed by atoms with E-state index in [0.717, 1.165) is 5.56 Å². The number of aromatic nitrogens is 2. The van der Waals surface area contributed by atoms with Crippen molar-refractivity contribution >= 4 is 0 Å². The summed E-state index contributed by atoms with van der Waals surface area (Å²) < 4.78 is 14.8. The van der Waals surface area contributed by atoms with E-state index >= 15 is 0 Å². The molecule has 0 aliphatic rings. The van der Waals surface area contributed by atoms with E-state index in [1.165, 1.54) is 10.6 Å². The van der Waals surface area contributed by atoms with Crippen molar-refractivity contribution in [2.75, 3.05) is 0 Å². The molecule has 5 heteroatoms. The van der Waals surface area contributed by atoms with Gasteiger partial charge in [0, 0.05) is 24.0 Å². The maximum Gasteiger partial charge on any atom is 0.348 e. The molecule has 1 aromatic heterocycles. The Morgan fingerprint density at radius 1 is 1.39 bits per heavy atom. The van der Waals surface area contributed by atoms with Crippen LogP contribution in [0.1, 0.15) is 16.8 Å². The van der Waals surface area contributed by atoms with Crippen molar-refractivity contribution in [1.29, 1.82) is 0 Å². The minimum atomic E-state index is -0.323. The lowest BCUT2D eigenvalue weighted by molar-refractivity contribution is 0.608. The Morgan fingerprint density at radius 3 is 2.83 bits per heavy atom. The van der Waals surface area contributed by atoms with Crippen LogP contribution in [0.4, 0.5) is 4.39 Å². The van der Waals surface area contributed by atoms with Crippen molar-refractivity contribution in [2.24, 2.45) is 5.73 Å². The average Bonchev–Trinajstić information content (AvgIpc) is 2.35. The van der Waals surface area contributed by atoms with Crippen molar-refractivity contribution < 1.29 is 4.39 Å². The van der Waals surface area contributed by atoms with E-state index in [0.29, 0.717) is 17.8 Å². The first kappa shape index (κ1) is 12.4. The molecule has 2 aromatic rings. The van der Waals surface area contributed by atoms with Gasteiger partial charge in [-0.15, -0.1) is 0 Å². The minimum absolute atomic E-state index is 0.140. The van der Waals surface area contributed by atoms with Crippen LogP contribution in [0.25, 0.3) is 0 Å². The van der Waals surface area contributed by atoms with Gasteiger partial charge >= 0.3 is 5.69 Å². The van der Waals surface area contributed by atoms with Crippen molar-refractivity contribution in [2.45, 2.75) is 20.0 Å². The van der Waals surface area contributed by atoms with Crippen LogP contribution in [0.15, 0.2) is 35.3 Å². The zero-order chi connectivity index (χ0) is 13.1. The van der Waals surface area contributed by atoms with Gasteiger partial charge in [-0.3, -0.25) is 4.57 Å². The van der Waals surface area contributed by atoms with Crippen LogP contribution in [0, 0.1) is 12.7 Å². The summed E-state index contributed by atoms with van der Waals surface area (Å²) in [6.45, 7) is 2.26. The number of aryl methyl sites for hydroxylation is 1. The molecule has 0 atom stereocenters. The van der Waals surface area contributed by atoms with Crippen LogP contribution < -0.4 is 11.4 Å². The smallest absolute Gasteiger partial charge is 0.326 e. The molecule has 0 unspecified atom stereocenters. The van der Waals surface area contributed by atoms with Crippen LogP contribution >= 0.6 is 0 Å². The lowest BCUT2D eigenvalue weighted by Gasteiger charge is -2.07. The fourth-order valence-electron chi connectivity index (χ4n) is 1.71. The van der Waals surface area contributed by atoms with Crippen molar-refractivity contribution in [3.63, 3.8) is 0 Å². The first-order chi connectivity index (χ1) is 8.60. The van der Waals surface area contributed by atoms with Gasteiger partial charge in [-0.2, -0.15) is 4.98 Å². The van der Waals surface area contributed by atoms with Crippen LogP contribution in [0.2, 0.25) is 0 Å². The summed E-state index contributed by atoms with van der Waals surface area (Å²) in [6, 6.07) is 6.43. The van der Waals surface area contributed by atoms with Crippen LogP contribution in [0.5, 0.6) is 0 Å². The third kappa shape index (κ3) is 2.62. The summed E-state index contributed by atoms with van der Waals surface area (Å²) in [7, 11) is 0. The molecule has 18 heavy (non-hydrogen) atoms. The number of halogens is 1. The summed E-state index contributed by atoms with van der Waals surface area (Å²) in [5, 5.41) is 0. The molecule has 1 heterocycles. The Kier molecular flexibility index (Phi) is 3.53. The molecular formula is C13H14FN3O. The average molecular weight is 247 g/mol. The molecule has 94 valence electrons. The summed E-state index contributed by atoms with van der Waals surface area (Å²) in [5.74, 6) is -0.323. The van der Waals surface area contributed by atoms with Gasteiger partial charge in [-0.1, -0.05) is 6.07 Å². The predicted octanol–water partition coefficient (Wildman–Crippen LogP) is 1.20. The standard InChI is InChI=1S/C13H14FN3O/c1-9-4-5-17(13(18)16-9)8-10-2-3-12(14)11(6-10)7-15/h2-6H,7-8,15H2,1H3. The third-order valence-electron chi connectivity index (χ3n) is 2.70. The van der Waals surface area contributed by atoms with E-state index in [4.69, 9.17) is 5.73 Å². The first-order valence-corrected chi connectivity index (χ1v) is 5.61. The minimum Gasteiger partial charge on any atom is -0.326 e. The molecule has 0 fully saturated rings. The van der Waals surface area contributed by atoms with Gasteiger partial charge < -0.3 is 5.73 Å². The van der Waals surface area contributed by atoms with Crippen LogP contribution in [-0.4, -0.2) is 9.55 Å². The molecule has 0 aliphatic heterocycles. The monoisotopic (exact) mass is 247 g/mol. The Morgan fingerprint density at radius 2 is 2.17 bits per heavy atom. The highest BCUT2D eigenvalue weighted by atomic mass is 19.1. The molecule has 0 bridgehead atoms. The fourth-order valence-corrected chi connectivity index (χ4v) is 1.71. The Bertz CT molecular complexity index is 622. The zero-order valence-corrected chi connectivity index (χ0v) is 10.1. The molecular weight excluding hydrogens is 233 g/mol. The number of hydrogen-bond acceptors (Lipinski definition) is 3. The Balaban J connectivity index is 2.31. The van der Waals surface area contributed by atoms with Crippen molar-refractivity contribution in [1.82, 2.24) is 9.55 Å². The Hall–Kier alpha value is -2.01. The Labute approximate surface area is 104 Å². The molecule has 1 aromatic carbocycles. The molecule has 0 spiro atoms. The molecule has 2 N–H and O–H groups in total. The van der Waals surface area contributed by atoms with E-state index in [1.807, 2.05) is 0 Å². The van der Waals surface area contributed by atoms with Gasteiger partial charge in [-0.05, 0) is 30.7 Å². The molecule has 0 radical (unpaired) electrons. The van der Waals surface area contributed by atoms with Gasteiger partial charge in [0.1, 0.15) is 5.82 Å². The summed E-state index contributed by atoms with van der Waals surface area (Å²) in [4.78, 5) is 15.5. The van der Waals surface area contributed by atoms with Gasteiger partial charge in [-0.25, -0.2) is 9.18 Å². The molecule has 2 rings (SSSR count). The third-order valence-corrected chi connectivity index (χ3v) is 2.70. The van der Waals surface area contributed by atoms with Crippen LogP contribution in [0.3, 0.4) is 0 Å². The quantitative estimate of drug-likeness (QED) is 0.886. The SMILES string of the molecule is Cc1ccn(Cc2ccc(F)c(CN)c2)c(=O)n1. The van der Waals surface area contributed by atoms with Gasteiger partial charge in [0.15, 0.2) is 0 Å². The highest BCUT2D eigenvalue weighted by Gasteiger charge is 2.04. The maximum absolute atomic E-state index is 13.3. The van der Waals surface area contributed by atoms with Crippen molar-refractivity contribution in [3.8, 4) is 0 Å². The molecule has 0 amide bonds. The lowest BCUT2D eigenvalue weighted by atomic mass is 10.1. The number of nitrogens with two attached hydrogens (primary N) is 1. The number of benzene rings is 1. The van der Waals surface area contributed by atoms with E-state index < -0.39 is 0 Å². The maximum atomic E-state index is 13.3.